The Bertz CT molecular complexity index is 1420. The van der Waals surface area contributed by atoms with E-state index in [-0.39, 0.29) is 34.8 Å². The topological polar surface area (TPSA) is 86.3 Å². The Labute approximate surface area is 280 Å². The van der Waals surface area contributed by atoms with Crippen molar-refractivity contribution >= 4 is 0 Å². The van der Waals surface area contributed by atoms with Gasteiger partial charge >= 0.3 is 12.4 Å². The maximum atomic E-state index is 14.7. The smallest absolute Gasteiger partial charge is 0.449 e. The molecule has 276 valence electrons. The third-order valence-corrected chi connectivity index (χ3v) is 12.7. The van der Waals surface area contributed by atoms with Crippen LogP contribution >= 0.6 is 0 Å². The third kappa shape index (κ3) is 5.12. The minimum atomic E-state index is -4.90. The average Bonchev–Trinajstić information content (AvgIpc) is 3.39. The summed E-state index contributed by atoms with van der Waals surface area (Å²) in [6.07, 6.45) is -8.56. The number of hydroxylamine groups is 2. The first-order valence-corrected chi connectivity index (χ1v) is 17.3. The number of allylic oxidation sites excluding steroid dienone is 2. The first-order valence-electron chi connectivity index (χ1n) is 17.3. The van der Waals surface area contributed by atoms with Gasteiger partial charge in [-0.1, -0.05) is 13.8 Å². The van der Waals surface area contributed by atoms with Crippen LogP contribution in [0.25, 0.3) is 0 Å². The number of alkyl halides is 6. The van der Waals surface area contributed by atoms with Gasteiger partial charge in [0, 0.05) is 55.7 Å². The fraction of sp³-hybridized carbons (Fsp3) is 0.879. The molecule has 2 saturated carbocycles. The number of halogens is 6. The number of likely N-dealkylation sites (N-methyl/N-ethyl adjacent to an activating group) is 1. The van der Waals surface area contributed by atoms with Crippen molar-refractivity contribution in [2.45, 2.75) is 127 Å². The van der Waals surface area contributed by atoms with E-state index in [0.717, 1.165) is 5.06 Å². The highest BCUT2D eigenvalue weighted by Gasteiger charge is 2.72. The standard InChI is InChI=1S/C33H43F6NO9/c1-16-6-8-22-18(24(32(34,35)36)42-26-30(22)20(16)10-12-28(3,44-26)46-48-30)14-40(5)41-15-19-23-9-7-17(2)21-11-13-29(4)45-27(31(21,23)49-47-29)43-25(19)33(37,38)39/h16-17,20-23,26-27H,6-15H2,1-5H3/t16-,17-,20?,21?,22+,23+,26-,27-,28?,29-,30-,31?/m1/s1. The predicted octanol–water partition coefficient (Wildman–Crippen LogP) is 6.97. The molecule has 10 aliphatic rings. The molecule has 8 heterocycles. The van der Waals surface area contributed by atoms with Crippen LogP contribution in [0.4, 0.5) is 26.3 Å². The molecule has 10 rings (SSSR count). The predicted molar refractivity (Wildman–Crippen MR) is 152 cm³/mol. The fourth-order valence-electron chi connectivity index (χ4n) is 10.3. The van der Waals surface area contributed by atoms with E-state index in [4.69, 9.17) is 43.3 Å². The van der Waals surface area contributed by atoms with Gasteiger partial charge in [-0.3, -0.25) is 4.84 Å². The zero-order valence-electron chi connectivity index (χ0n) is 28.1. The van der Waals surface area contributed by atoms with Gasteiger partial charge in [0.2, 0.25) is 35.7 Å². The fourth-order valence-corrected chi connectivity index (χ4v) is 10.3. The van der Waals surface area contributed by atoms with E-state index < -0.39 is 84.2 Å². The van der Waals surface area contributed by atoms with Crippen LogP contribution in [0.1, 0.15) is 79.1 Å². The molecule has 8 fully saturated rings. The highest BCUT2D eigenvalue weighted by molar-refractivity contribution is 5.30. The highest BCUT2D eigenvalue weighted by atomic mass is 19.4. The minimum absolute atomic E-state index is 0.0911. The van der Waals surface area contributed by atoms with Crippen LogP contribution in [0.2, 0.25) is 0 Å². The Morgan fingerprint density at radius 3 is 1.59 bits per heavy atom. The molecule has 4 bridgehead atoms. The van der Waals surface area contributed by atoms with E-state index in [1.54, 1.807) is 13.8 Å². The molecular formula is C33H43F6NO9. The van der Waals surface area contributed by atoms with E-state index in [2.05, 4.69) is 0 Å². The summed E-state index contributed by atoms with van der Waals surface area (Å²) in [7, 11) is 1.39. The summed E-state index contributed by atoms with van der Waals surface area (Å²) in [6.45, 7) is 6.27. The van der Waals surface area contributed by atoms with Crippen LogP contribution < -0.4 is 0 Å². The molecule has 49 heavy (non-hydrogen) atoms. The van der Waals surface area contributed by atoms with E-state index in [0.29, 0.717) is 51.4 Å². The van der Waals surface area contributed by atoms with Crippen molar-refractivity contribution in [2.75, 3.05) is 20.2 Å². The Hall–Kier alpha value is -1.66. The van der Waals surface area contributed by atoms with Crippen LogP contribution in [0, 0.1) is 35.5 Å². The molecule has 0 aromatic heterocycles. The van der Waals surface area contributed by atoms with Crippen molar-refractivity contribution in [3.8, 4) is 0 Å². The van der Waals surface area contributed by atoms with E-state index in [1.165, 1.54) is 7.05 Å². The Kier molecular flexibility index (Phi) is 7.85. The van der Waals surface area contributed by atoms with Crippen molar-refractivity contribution < 1.29 is 69.7 Å². The SMILES string of the molecule is C[C@@H]1CC[C@H]2C(CON(C)CC3=C(C(F)(F)F)O[C@@H]4OC5(C)CCC6[C@H](C)CC[C@@H]3[C@]64OO5)=C(C(F)(F)F)O[C@@H]3O[C@@]4(C)CCC1C32OO4. The van der Waals surface area contributed by atoms with Crippen molar-refractivity contribution in [3.05, 3.63) is 22.7 Å². The summed E-state index contributed by atoms with van der Waals surface area (Å²) in [6, 6.07) is 0. The normalized spacial score (nSPS) is 47.7. The van der Waals surface area contributed by atoms with Gasteiger partial charge in [0.15, 0.2) is 11.2 Å². The van der Waals surface area contributed by atoms with Gasteiger partial charge < -0.3 is 18.9 Å². The number of rotatable bonds is 5. The van der Waals surface area contributed by atoms with Crippen LogP contribution in [-0.4, -0.2) is 73.0 Å². The summed E-state index contributed by atoms with van der Waals surface area (Å²) < 4.78 is 112. The second-order valence-electron chi connectivity index (χ2n) is 15.7. The van der Waals surface area contributed by atoms with Crippen molar-refractivity contribution in [1.29, 1.82) is 0 Å². The molecule has 10 nitrogen and oxygen atoms in total. The zero-order valence-corrected chi connectivity index (χ0v) is 28.1. The third-order valence-electron chi connectivity index (χ3n) is 12.7. The molecule has 0 aromatic carbocycles. The first-order chi connectivity index (χ1) is 22.9. The maximum Gasteiger partial charge on any atom is 0.449 e. The first kappa shape index (κ1) is 34.4. The number of nitrogens with zero attached hydrogens (tertiary/aromatic N) is 1. The van der Waals surface area contributed by atoms with Gasteiger partial charge in [-0.2, -0.15) is 31.4 Å². The van der Waals surface area contributed by atoms with Gasteiger partial charge in [-0.25, -0.2) is 19.6 Å². The average molecular weight is 712 g/mol. The molecule has 16 heteroatoms. The lowest BCUT2D eigenvalue weighted by Gasteiger charge is -2.57. The number of fused-ring (bicyclic) bond motifs is 4. The lowest BCUT2D eigenvalue weighted by Crippen LogP contribution is -2.68. The summed E-state index contributed by atoms with van der Waals surface area (Å²) in [5.74, 6) is -6.88. The molecule has 12 atom stereocenters. The van der Waals surface area contributed by atoms with E-state index >= 15 is 0 Å². The van der Waals surface area contributed by atoms with E-state index in [1.807, 2.05) is 13.8 Å². The molecule has 8 aliphatic heterocycles. The molecule has 2 aliphatic carbocycles. The molecule has 0 aromatic rings. The quantitative estimate of drug-likeness (QED) is 0.169. The zero-order chi connectivity index (χ0) is 34.9. The van der Waals surface area contributed by atoms with Gasteiger partial charge in [-0.05, 0) is 69.8 Å². The Balaban J connectivity index is 1.11. The van der Waals surface area contributed by atoms with Crippen LogP contribution in [0.15, 0.2) is 22.7 Å². The summed E-state index contributed by atoms with van der Waals surface area (Å²) >= 11 is 0. The Morgan fingerprint density at radius 2 is 1.12 bits per heavy atom. The van der Waals surface area contributed by atoms with Gasteiger partial charge in [0.1, 0.15) is 0 Å². The lowest BCUT2D eigenvalue weighted by atomic mass is 9.59. The molecule has 0 N–H and O–H groups in total. The second-order valence-corrected chi connectivity index (χ2v) is 15.7. The maximum absolute atomic E-state index is 14.7. The number of hydrogen-bond acceptors (Lipinski definition) is 10. The van der Waals surface area contributed by atoms with Crippen molar-refractivity contribution in [3.63, 3.8) is 0 Å². The minimum Gasteiger partial charge on any atom is -0.456 e. The lowest BCUT2D eigenvalue weighted by molar-refractivity contribution is -0.558. The largest absolute Gasteiger partial charge is 0.456 e. The monoisotopic (exact) mass is 711 g/mol. The molecule has 0 amide bonds. The second kappa shape index (κ2) is 11.2. The van der Waals surface area contributed by atoms with E-state index in [9.17, 15) is 26.3 Å². The molecule has 0 radical (unpaired) electrons. The number of ether oxygens (including phenoxy) is 4. The van der Waals surface area contributed by atoms with Crippen LogP contribution in [0.3, 0.4) is 0 Å². The van der Waals surface area contributed by atoms with Gasteiger partial charge in [0.05, 0.1) is 6.61 Å². The Morgan fingerprint density at radius 1 is 0.673 bits per heavy atom. The summed E-state index contributed by atoms with van der Waals surface area (Å²) in [5.41, 5.74) is -3.01. The van der Waals surface area contributed by atoms with Crippen molar-refractivity contribution in [1.82, 2.24) is 5.06 Å². The van der Waals surface area contributed by atoms with Gasteiger partial charge in [-0.15, -0.1) is 0 Å². The summed E-state index contributed by atoms with van der Waals surface area (Å²) in [4.78, 5) is 29.4. The highest BCUT2D eigenvalue weighted by Crippen LogP contribution is 2.63. The van der Waals surface area contributed by atoms with Crippen LogP contribution in [-0.2, 0) is 43.3 Å². The molecule has 2 spiro atoms. The number of hydrogen-bond donors (Lipinski definition) is 0. The molecular weight excluding hydrogens is 668 g/mol. The van der Waals surface area contributed by atoms with Gasteiger partial charge in [0.25, 0.3) is 0 Å². The molecule has 6 saturated heterocycles. The summed E-state index contributed by atoms with van der Waals surface area (Å²) in [5, 5.41) is 1.12. The van der Waals surface area contributed by atoms with Crippen LogP contribution in [0.5, 0.6) is 0 Å². The van der Waals surface area contributed by atoms with Crippen molar-refractivity contribution in [2.24, 2.45) is 35.5 Å². The molecule has 4 unspecified atom stereocenters.